The van der Waals surface area contributed by atoms with E-state index in [1.165, 1.54) is 0 Å². The number of carbonyl (C=O) groups excluding carboxylic acids is 2. The van der Waals surface area contributed by atoms with Gasteiger partial charge in [0.2, 0.25) is 0 Å². The average Bonchev–Trinajstić information content (AvgIpc) is 3.18. The number of aldehydes is 1. The zero-order valence-corrected chi connectivity index (χ0v) is 19.5. The second kappa shape index (κ2) is 9.35. The Kier molecular flexibility index (Phi) is 6.09. The second-order valence-electron chi connectivity index (χ2n) is 9.28. The van der Waals surface area contributed by atoms with E-state index in [9.17, 15) is 9.59 Å². The van der Waals surface area contributed by atoms with E-state index in [4.69, 9.17) is 22.2 Å². The van der Waals surface area contributed by atoms with Crippen LogP contribution in [0.3, 0.4) is 0 Å². The van der Waals surface area contributed by atoms with Crippen LogP contribution in [0.5, 0.6) is 0 Å². The van der Waals surface area contributed by atoms with E-state index in [0.29, 0.717) is 24.1 Å². The normalized spacial score (nSPS) is 18.7. The number of nitrogens with two attached hydrogens (primary N) is 3. The predicted molar refractivity (Wildman–Crippen MR) is 140 cm³/mol. The van der Waals surface area contributed by atoms with Crippen molar-refractivity contribution in [3.63, 3.8) is 0 Å². The van der Waals surface area contributed by atoms with Crippen molar-refractivity contribution >= 4 is 39.7 Å². The maximum absolute atomic E-state index is 12.5. The monoisotopic (exact) mass is 467 g/mol. The zero-order valence-electron chi connectivity index (χ0n) is 19.5. The SMILES string of the molecule is NC(=O)c1c(C=O)c2ccc(C(N)=NC3CCC(N)CC3)cc2n1Cc1cccc2ccccc12. The van der Waals surface area contributed by atoms with Crippen molar-refractivity contribution in [1.82, 2.24) is 4.57 Å². The molecular formula is C28H29N5O2. The summed E-state index contributed by atoms with van der Waals surface area (Å²) in [6.07, 6.45) is 4.42. The summed E-state index contributed by atoms with van der Waals surface area (Å²) in [5, 5.41) is 2.84. The van der Waals surface area contributed by atoms with E-state index in [2.05, 4.69) is 0 Å². The molecule has 1 aliphatic rings. The molecule has 0 aliphatic heterocycles. The number of aliphatic imine (C=N–C) groups is 1. The molecule has 1 amide bonds. The molecule has 0 bridgehead atoms. The number of hydrogen-bond donors (Lipinski definition) is 3. The number of primary amides is 1. The molecule has 178 valence electrons. The number of hydrogen-bond acceptors (Lipinski definition) is 4. The van der Waals surface area contributed by atoms with Crippen molar-refractivity contribution < 1.29 is 9.59 Å². The number of carbonyl (C=O) groups is 2. The molecule has 1 fully saturated rings. The summed E-state index contributed by atoms with van der Waals surface area (Å²) >= 11 is 0. The molecule has 0 saturated heterocycles. The molecular weight excluding hydrogens is 438 g/mol. The summed E-state index contributed by atoms with van der Waals surface area (Å²) in [6, 6.07) is 20.1. The largest absolute Gasteiger partial charge is 0.383 e. The molecule has 0 atom stereocenters. The van der Waals surface area contributed by atoms with E-state index in [1.807, 2.05) is 65.2 Å². The van der Waals surface area contributed by atoms with Crippen molar-refractivity contribution in [3.8, 4) is 0 Å². The van der Waals surface area contributed by atoms with Crippen LogP contribution >= 0.6 is 0 Å². The summed E-state index contributed by atoms with van der Waals surface area (Å²) in [5.41, 5.74) is 21.2. The third-order valence-corrected chi connectivity index (χ3v) is 7.02. The van der Waals surface area contributed by atoms with Crippen LogP contribution in [0.1, 0.15) is 57.7 Å². The summed E-state index contributed by atoms with van der Waals surface area (Å²) in [4.78, 5) is 29.3. The highest BCUT2D eigenvalue weighted by Gasteiger charge is 2.23. The minimum absolute atomic E-state index is 0.152. The first-order valence-corrected chi connectivity index (χ1v) is 11.9. The van der Waals surface area contributed by atoms with Gasteiger partial charge in [0, 0.05) is 23.5 Å². The van der Waals surface area contributed by atoms with Gasteiger partial charge in [-0.05, 0) is 48.1 Å². The topological polar surface area (TPSA) is 129 Å². The molecule has 1 saturated carbocycles. The van der Waals surface area contributed by atoms with Gasteiger partial charge in [-0.1, -0.05) is 54.6 Å². The van der Waals surface area contributed by atoms with Crippen molar-refractivity contribution in [1.29, 1.82) is 0 Å². The van der Waals surface area contributed by atoms with Crippen molar-refractivity contribution in [2.45, 2.75) is 44.3 Å². The van der Waals surface area contributed by atoms with Gasteiger partial charge in [-0.25, -0.2) is 0 Å². The van der Waals surface area contributed by atoms with E-state index in [0.717, 1.165) is 53.1 Å². The lowest BCUT2D eigenvalue weighted by Gasteiger charge is -2.23. The van der Waals surface area contributed by atoms with Crippen LogP contribution in [0.15, 0.2) is 65.7 Å². The van der Waals surface area contributed by atoms with E-state index in [1.54, 1.807) is 0 Å². The van der Waals surface area contributed by atoms with Crippen LogP contribution < -0.4 is 17.2 Å². The molecule has 7 heteroatoms. The van der Waals surface area contributed by atoms with Gasteiger partial charge in [-0.2, -0.15) is 0 Å². The van der Waals surface area contributed by atoms with Gasteiger partial charge < -0.3 is 21.8 Å². The maximum atomic E-state index is 12.5. The zero-order chi connectivity index (χ0) is 24.5. The molecule has 4 aromatic rings. The quantitative estimate of drug-likeness (QED) is 0.227. The molecule has 1 aromatic heterocycles. The summed E-state index contributed by atoms with van der Waals surface area (Å²) < 4.78 is 1.82. The predicted octanol–water partition coefficient (Wildman–Crippen LogP) is 3.73. The molecule has 7 nitrogen and oxygen atoms in total. The molecule has 35 heavy (non-hydrogen) atoms. The fraction of sp³-hybridized carbons (Fsp3) is 0.250. The van der Waals surface area contributed by atoms with Crippen LogP contribution in [0.4, 0.5) is 0 Å². The molecule has 1 heterocycles. The standard InChI is InChI=1S/C28H29N5O2/c29-20-9-11-21(12-10-20)32-27(30)18-8-13-23-24(16-34)26(28(31)35)33(25(23)14-18)15-19-6-3-5-17-4-1-2-7-22(17)19/h1-8,13-14,16,20-21H,9-12,15,29H2,(H2,30,32)(H2,31,35). The fourth-order valence-electron chi connectivity index (χ4n) is 5.19. The number of amidine groups is 1. The Labute approximate surface area is 203 Å². The first kappa shape index (κ1) is 22.8. The van der Waals surface area contributed by atoms with E-state index in [-0.39, 0.29) is 23.3 Å². The number of rotatable bonds is 6. The number of amides is 1. The van der Waals surface area contributed by atoms with Crippen LogP contribution in [0.25, 0.3) is 21.7 Å². The van der Waals surface area contributed by atoms with Gasteiger partial charge in [0.1, 0.15) is 11.5 Å². The molecule has 3 aromatic carbocycles. The van der Waals surface area contributed by atoms with Gasteiger partial charge >= 0.3 is 0 Å². The summed E-state index contributed by atoms with van der Waals surface area (Å²) in [7, 11) is 0. The molecule has 5 rings (SSSR count). The fourth-order valence-corrected chi connectivity index (χ4v) is 5.19. The van der Waals surface area contributed by atoms with Crippen molar-refractivity contribution in [3.05, 3.63) is 83.0 Å². The van der Waals surface area contributed by atoms with Gasteiger partial charge in [0.25, 0.3) is 5.91 Å². The lowest BCUT2D eigenvalue weighted by atomic mass is 9.92. The maximum Gasteiger partial charge on any atom is 0.266 e. The van der Waals surface area contributed by atoms with Crippen LogP contribution in [0.2, 0.25) is 0 Å². The Morgan fingerprint density at radius 2 is 1.71 bits per heavy atom. The Hall–Kier alpha value is -3.97. The van der Waals surface area contributed by atoms with Crippen LogP contribution in [0, 0.1) is 0 Å². The van der Waals surface area contributed by atoms with E-state index < -0.39 is 5.91 Å². The minimum Gasteiger partial charge on any atom is -0.383 e. The smallest absolute Gasteiger partial charge is 0.266 e. The summed E-state index contributed by atoms with van der Waals surface area (Å²) in [5.74, 6) is -0.205. The number of nitrogens with zero attached hydrogens (tertiary/aromatic N) is 2. The van der Waals surface area contributed by atoms with Gasteiger partial charge in [-0.15, -0.1) is 0 Å². The lowest BCUT2D eigenvalue weighted by Crippen LogP contribution is -2.29. The second-order valence-corrected chi connectivity index (χ2v) is 9.28. The van der Waals surface area contributed by atoms with Gasteiger partial charge in [0.15, 0.2) is 6.29 Å². The third-order valence-electron chi connectivity index (χ3n) is 7.02. The molecule has 0 unspecified atom stereocenters. The average molecular weight is 468 g/mol. The summed E-state index contributed by atoms with van der Waals surface area (Å²) in [6.45, 7) is 0.380. The van der Waals surface area contributed by atoms with Crippen LogP contribution in [-0.4, -0.2) is 34.7 Å². The molecule has 0 spiro atoms. The van der Waals surface area contributed by atoms with Crippen molar-refractivity contribution in [2.24, 2.45) is 22.2 Å². The number of fused-ring (bicyclic) bond motifs is 2. The molecule has 1 aliphatic carbocycles. The molecule has 0 radical (unpaired) electrons. The highest BCUT2D eigenvalue weighted by atomic mass is 16.1. The Balaban J connectivity index is 1.63. The molecule has 6 N–H and O–H groups in total. The van der Waals surface area contributed by atoms with Crippen LogP contribution in [-0.2, 0) is 6.54 Å². The first-order chi connectivity index (χ1) is 17.0. The van der Waals surface area contributed by atoms with Crippen molar-refractivity contribution in [2.75, 3.05) is 0 Å². The lowest BCUT2D eigenvalue weighted by molar-refractivity contribution is 0.0985. The Bertz CT molecular complexity index is 1460. The van der Waals surface area contributed by atoms with Gasteiger partial charge in [-0.3, -0.25) is 14.6 Å². The number of aromatic nitrogens is 1. The Morgan fingerprint density at radius 3 is 2.46 bits per heavy atom. The third kappa shape index (κ3) is 4.31. The first-order valence-electron chi connectivity index (χ1n) is 11.9. The van der Waals surface area contributed by atoms with Gasteiger partial charge in [0.05, 0.1) is 17.1 Å². The van der Waals surface area contributed by atoms with E-state index >= 15 is 0 Å². The minimum atomic E-state index is -0.648. The Morgan fingerprint density at radius 1 is 0.971 bits per heavy atom. The highest BCUT2D eigenvalue weighted by molar-refractivity contribution is 6.11. The number of benzene rings is 3. The highest BCUT2D eigenvalue weighted by Crippen LogP contribution is 2.29.